The number of hydrogen-bond acceptors (Lipinski definition) is 7. The monoisotopic (exact) mass is 489 g/mol. The number of benzene rings is 2. The maximum absolute atomic E-state index is 12.4. The molecule has 2 N–H and O–H groups in total. The molecule has 1 unspecified atom stereocenters. The van der Waals surface area contributed by atoms with Gasteiger partial charge in [0.05, 0.1) is 6.04 Å². The van der Waals surface area contributed by atoms with Crippen LogP contribution in [0.1, 0.15) is 44.4 Å². The van der Waals surface area contributed by atoms with Crippen molar-refractivity contribution in [2.45, 2.75) is 44.9 Å². The van der Waals surface area contributed by atoms with Crippen LogP contribution in [0, 0.1) is 0 Å². The van der Waals surface area contributed by atoms with E-state index in [0.717, 1.165) is 35.2 Å². The lowest BCUT2D eigenvalue weighted by Crippen LogP contribution is -2.41. The Morgan fingerprint density at radius 2 is 1.89 bits per heavy atom. The Labute approximate surface area is 210 Å². The van der Waals surface area contributed by atoms with Gasteiger partial charge in [0, 0.05) is 43.2 Å². The quantitative estimate of drug-likeness (QED) is 0.528. The number of fused-ring (bicyclic) bond motifs is 1. The molecule has 1 fully saturated rings. The number of phenolic OH excluding ortho intramolecular Hbond substituents is 1. The summed E-state index contributed by atoms with van der Waals surface area (Å²) < 4.78 is 16.5. The van der Waals surface area contributed by atoms with E-state index in [0.29, 0.717) is 18.0 Å². The van der Waals surface area contributed by atoms with Crippen LogP contribution in [0.5, 0.6) is 17.2 Å². The van der Waals surface area contributed by atoms with Crippen molar-refractivity contribution in [1.82, 2.24) is 15.2 Å². The van der Waals surface area contributed by atoms with Crippen molar-refractivity contribution < 1.29 is 24.1 Å². The van der Waals surface area contributed by atoms with Crippen molar-refractivity contribution in [2.24, 2.45) is 0 Å². The molecule has 0 spiro atoms. The van der Waals surface area contributed by atoms with Gasteiger partial charge in [0.1, 0.15) is 11.4 Å². The van der Waals surface area contributed by atoms with E-state index in [-0.39, 0.29) is 24.6 Å². The van der Waals surface area contributed by atoms with Crippen LogP contribution in [-0.2, 0) is 4.74 Å². The number of alkyl carbamates (subject to hydrolysis) is 1. The van der Waals surface area contributed by atoms with Crippen LogP contribution in [0.3, 0.4) is 0 Å². The van der Waals surface area contributed by atoms with Gasteiger partial charge in [0.25, 0.3) is 0 Å². The van der Waals surface area contributed by atoms with Crippen molar-refractivity contribution in [2.75, 3.05) is 19.9 Å². The van der Waals surface area contributed by atoms with E-state index in [2.05, 4.69) is 39.5 Å². The number of rotatable bonds is 5. The lowest BCUT2D eigenvalue weighted by Gasteiger charge is -2.30. The summed E-state index contributed by atoms with van der Waals surface area (Å²) >= 11 is 0. The van der Waals surface area contributed by atoms with E-state index < -0.39 is 11.7 Å². The summed E-state index contributed by atoms with van der Waals surface area (Å²) in [7, 11) is 0. The predicted molar refractivity (Wildman–Crippen MR) is 135 cm³/mol. The zero-order valence-corrected chi connectivity index (χ0v) is 20.7. The highest BCUT2D eigenvalue weighted by Gasteiger charge is 2.34. The Morgan fingerprint density at radius 1 is 1.14 bits per heavy atom. The minimum atomic E-state index is -0.556. The molecule has 0 saturated carbocycles. The number of hydrogen-bond donors (Lipinski definition) is 2. The number of carbonyl (C=O) groups is 1. The molecule has 0 aliphatic carbocycles. The fourth-order valence-corrected chi connectivity index (χ4v) is 4.76. The number of amides is 1. The van der Waals surface area contributed by atoms with Crippen LogP contribution in [0.2, 0.25) is 0 Å². The standard InChI is InChI=1S/C28H31N3O5/c1-28(2,3)36-27(33)30-21-10-12-31(16-21)26(22-13-24-25(14-23(22)32)35-17-34-24)19-8-6-18(7-9-19)20-5-4-11-29-15-20/h4-9,11,13-15,21,26,32H,10,12,16-17H2,1-3H3,(H,30,33)/t21-,26?/m1/s1. The minimum absolute atomic E-state index is 0.0619. The van der Waals surface area contributed by atoms with Gasteiger partial charge in [-0.25, -0.2) is 4.79 Å². The van der Waals surface area contributed by atoms with Crippen molar-refractivity contribution in [3.8, 4) is 28.4 Å². The number of pyridine rings is 1. The number of nitrogens with zero attached hydrogens (tertiary/aromatic N) is 2. The Balaban J connectivity index is 1.43. The number of nitrogens with one attached hydrogen (secondary N) is 1. The van der Waals surface area contributed by atoms with E-state index >= 15 is 0 Å². The molecule has 2 aliphatic heterocycles. The average Bonchev–Trinajstić information content (AvgIpc) is 3.48. The van der Waals surface area contributed by atoms with Gasteiger partial charge < -0.3 is 24.6 Å². The molecule has 3 aromatic rings. The summed E-state index contributed by atoms with van der Waals surface area (Å²) in [5.74, 6) is 1.29. The number of likely N-dealkylation sites (tertiary alicyclic amines) is 1. The molecule has 5 rings (SSSR count). The summed E-state index contributed by atoms with van der Waals surface area (Å²) in [6, 6.07) is 15.4. The largest absolute Gasteiger partial charge is 0.507 e. The molecule has 1 saturated heterocycles. The average molecular weight is 490 g/mol. The van der Waals surface area contributed by atoms with Crippen molar-refractivity contribution in [1.29, 1.82) is 0 Å². The molecular weight excluding hydrogens is 458 g/mol. The fourth-order valence-electron chi connectivity index (χ4n) is 4.76. The highest BCUT2D eigenvalue weighted by molar-refractivity contribution is 5.68. The van der Waals surface area contributed by atoms with Crippen LogP contribution in [0.15, 0.2) is 60.9 Å². The van der Waals surface area contributed by atoms with Gasteiger partial charge in [-0.15, -0.1) is 0 Å². The first-order chi connectivity index (χ1) is 17.3. The molecule has 8 heteroatoms. The van der Waals surface area contributed by atoms with Crippen molar-refractivity contribution in [3.63, 3.8) is 0 Å². The maximum Gasteiger partial charge on any atom is 0.407 e. The third-order valence-electron chi connectivity index (χ3n) is 6.34. The lowest BCUT2D eigenvalue weighted by molar-refractivity contribution is 0.0505. The molecule has 8 nitrogen and oxygen atoms in total. The SMILES string of the molecule is CC(C)(C)OC(=O)N[C@@H]1CCN(C(c2ccc(-c3cccnc3)cc2)c2cc3c(cc2O)OCO3)C1. The number of aromatic nitrogens is 1. The first-order valence-corrected chi connectivity index (χ1v) is 12.1. The zero-order chi connectivity index (χ0) is 25.3. The first-order valence-electron chi connectivity index (χ1n) is 12.1. The summed E-state index contributed by atoms with van der Waals surface area (Å²) in [6.07, 6.45) is 3.95. The maximum atomic E-state index is 12.4. The summed E-state index contributed by atoms with van der Waals surface area (Å²) in [5, 5.41) is 14.0. The molecule has 36 heavy (non-hydrogen) atoms. The van der Waals surface area contributed by atoms with Crippen LogP contribution < -0.4 is 14.8 Å². The van der Waals surface area contributed by atoms with E-state index in [4.69, 9.17) is 14.2 Å². The topological polar surface area (TPSA) is 93.2 Å². The Kier molecular flexibility index (Phi) is 6.45. The summed E-state index contributed by atoms with van der Waals surface area (Å²) in [6.45, 7) is 7.03. The van der Waals surface area contributed by atoms with Crippen LogP contribution in [0.25, 0.3) is 11.1 Å². The first kappa shape index (κ1) is 23.9. The van der Waals surface area contributed by atoms with E-state index in [9.17, 15) is 9.90 Å². The van der Waals surface area contributed by atoms with Crippen molar-refractivity contribution >= 4 is 6.09 Å². The molecule has 3 heterocycles. The van der Waals surface area contributed by atoms with Gasteiger partial charge in [-0.05, 0) is 56.0 Å². The second-order valence-corrected chi connectivity index (χ2v) is 10.2. The Morgan fingerprint density at radius 3 is 2.58 bits per heavy atom. The van der Waals surface area contributed by atoms with Crippen LogP contribution in [0.4, 0.5) is 4.79 Å². The zero-order valence-electron chi connectivity index (χ0n) is 20.7. The molecule has 2 aromatic carbocycles. The number of ether oxygens (including phenoxy) is 3. The lowest BCUT2D eigenvalue weighted by atomic mass is 9.94. The van der Waals surface area contributed by atoms with Gasteiger partial charge in [-0.2, -0.15) is 0 Å². The van der Waals surface area contributed by atoms with E-state index in [1.54, 1.807) is 12.3 Å². The third-order valence-corrected chi connectivity index (χ3v) is 6.34. The van der Waals surface area contributed by atoms with Gasteiger partial charge >= 0.3 is 6.09 Å². The second kappa shape index (κ2) is 9.70. The van der Waals surface area contributed by atoms with Gasteiger partial charge in [0.2, 0.25) is 6.79 Å². The normalized spacial score (nSPS) is 18.1. The van der Waals surface area contributed by atoms with Crippen LogP contribution >= 0.6 is 0 Å². The van der Waals surface area contributed by atoms with Gasteiger partial charge in [0.15, 0.2) is 11.5 Å². The van der Waals surface area contributed by atoms with E-state index in [1.807, 2.05) is 45.2 Å². The summed E-state index contributed by atoms with van der Waals surface area (Å²) in [4.78, 5) is 18.8. The highest BCUT2D eigenvalue weighted by atomic mass is 16.7. The Hall–Kier alpha value is -3.78. The smallest absolute Gasteiger partial charge is 0.407 e. The van der Waals surface area contributed by atoms with Crippen molar-refractivity contribution in [3.05, 3.63) is 72.1 Å². The fraction of sp³-hybridized carbons (Fsp3) is 0.357. The van der Waals surface area contributed by atoms with E-state index in [1.165, 1.54) is 0 Å². The third kappa shape index (κ3) is 5.23. The number of carbonyl (C=O) groups excluding carboxylic acids is 1. The van der Waals surface area contributed by atoms with Gasteiger partial charge in [-0.1, -0.05) is 30.3 Å². The predicted octanol–water partition coefficient (Wildman–Crippen LogP) is 4.87. The minimum Gasteiger partial charge on any atom is -0.507 e. The highest BCUT2D eigenvalue weighted by Crippen LogP contribution is 2.44. The molecule has 2 atom stereocenters. The van der Waals surface area contributed by atoms with Crippen LogP contribution in [-0.4, -0.2) is 52.6 Å². The summed E-state index contributed by atoms with van der Waals surface area (Å²) in [5.41, 5.74) is 3.29. The molecule has 1 aromatic heterocycles. The molecule has 0 bridgehead atoms. The molecular formula is C28H31N3O5. The molecule has 2 aliphatic rings. The number of aromatic hydroxyl groups is 1. The second-order valence-electron chi connectivity index (χ2n) is 10.2. The van der Waals surface area contributed by atoms with Gasteiger partial charge in [-0.3, -0.25) is 9.88 Å². The Bertz CT molecular complexity index is 1220. The molecule has 1 amide bonds. The molecule has 0 radical (unpaired) electrons. The number of phenols is 1. The molecule has 188 valence electrons.